The summed E-state index contributed by atoms with van der Waals surface area (Å²) in [5.74, 6) is -0.481. The molecular weight excluding hydrogens is 332 g/mol. The molecular formula is C17H22O6S. The number of benzene rings is 1. The highest BCUT2D eigenvalue weighted by Gasteiger charge is 2.55. The number of methoxy groups -OCH3 is 1. The van der Waals surface area contributed by atoms with Crippen molar-refractivity contribution in [2.24, 2.45) is 5.41 Å². The zero-order valence-electron chi connectivity index (χ0n) is 13.7. The maximum atomic E-state index is 12.2. The maximum Gasteiger partial charge on any atom is 0.338 e. The molecule has 3 aliphatic rings. The zero-order chi connectivity index (χ0) is 17.3. The van der Waals surface area contributed by atoms with Gasteiger partial charge in [0.15, 0.2) is 5.60 Å². The summed E-state index contributed by atoms with van der Waals surface area (Å²) in [5.41, 5.74) is -0.484. The van der Waals surface area contributed by atoms with Crippen molar-refractivity contribution in [2.75, 3.05) is 20.3 Å². The molecule has 7 heteroatoms. The normalized spacial score (nSPS) is 29.4. The van der Waals surface area contributed by atoms with Crippen LogP contribution in [0.25, 0.3) is 0 Å². The lowest BCUT2D eigenvalue weighted by atomic mass is 9.66. The van der Waals surface area contributed by atoms with Crippen LogP contribution in [0.3, 0.4) is 0 Å². The van der Waals surface area contributed by atoms with Gasteiger partial charge in [-0.05, 0) is 31.2 Å². The molecule has 2 bridgehead atoms. The van der Waals surface area contributed by atoms with Gasteiger partial charge in [-0.2, -0.15) is 8.42 Å². The third-order valence-corrected chi connectivity index (χ3v) is 6.23. The average Bonchev–Trinajstić information content (AvgIpc) is 2.62. The summed E-state index contributed by atoms with van der Waals surface area (Å²) in [5, 5.41) is 0. The molecule has 0 amide bonds. The summed E-state index contributed by atoms with van der Waals surface area (Å²) in [6.07, 6.45) is 2.48. The van der Waals surface area contributed by atoms with Crippen LogP contribution in [0.1, 0.15) is 31.2 Å². The van der Waals surface area contributed by atoms with Gasteiger partial charge in [-0.3, -0.25) is 4.18 Å². The zero-order valence-corrected chi connectivity index (χ0v) is 14.5. The molecule has 2 aliphatic heterocycles. The fraction of sp³-hybridized carbons (Fsp3) is 0.588. The number of rotatable bonds is 6. The largest absolute Gasteiger partial charge is 0.467 e. The molecule has 0 aromatic heterocycles. The Labute approximate surface area is 142 Å². The van der Waals surface area contributed by atoms with Gasteiger partial charge in [0.1, 0.15) is 5.75 Å². The van der Waals surface area contributed by atoms with E-state index in [-0.39, 0.29) is 23.7 Å². The molecule has 0 atom stereocenters. The minimum Gasteiger partial charge on any atom is -0.467 e. The average molecular weight is 354 g/mol. The molecule has 1 aromatic carbocycles. The Balaban J connectivity index is 1.59. The molecule has 0 unspecified atom stereocenters. The van der Waals surface area contributed by atoms with E-state index < -0.39 is 15.7 Å². The van der Waals surface area contributed by atoms with E-state index in [2.05, 4.69) is 0 Å². The first-order valence-electron chi connectivity index (χ1n) is 8.02. The Morgan fingerprint density at radius 1 is 1.17 bits per heavy atom. The van der Waals surface area contributed by atoms with Crippen LogP contribution in [0.5, 0.6) is 0 Å². The summed E-state index contributed by atoms with van der Waals surface area (Å²) in [4.78, 5) is 11.9. The van der Waals surface area contributed by atoms with Gasteiger partial charge in [0.2, 0.25) is 0 Å². The summed E-state index contributed by atoms with van der Waals surface area (Å²) in [6.45, 7) is 0.419. The molecule has 3 fully saturated rings. The van der Waals surface area contributed by atoms with Crippen LogP contribution < -0.4 is 0 Å². The van der Waals surface area contributed by atoms with Gasteiger partial charge >= 0.3 is 5.97 Å². The van der Waals surface area contributed by atoms with Crippen molar-refractivity contribution in [3.8, 4) is 0 Å². The lowest BCUT2D eigenvalue weighted by Crippen LogP contribution is -2.57. The molecule has 1 saturated carbocycles. The van der Waals surface area contributed by atoms with Crippen molar-refractivity contribution in [3.63, 3.8) is 0 Å². The number of hydrogen-bond acceptors (Lipinski definition) is 6. The second-order valence-electron chi connectivity index (χ2n) is 6.72. The van der Waals surface area contributed by atoms with Crippen molar-refractivity contribution >= 4 is 16.1 Å². The first kappa shape index (κ1) is 17.4. The van der Waals surface area contributed by atoms with Gasteiger partial charge < -0.3 is 9.47 Å². The standard InChI is InChI=1S/C17H22O6S/c1-21-15(18)17-9-7-16(8-10-17,12-22-17)13-23-24(19,20)11-14-5-3-2-4-6-14/h2-6H,7-13H2,1H3. The summed E-state index contributed by atoms with van der Waals surface area (Å²) in [6, 6.07) is 8.95. The number of hydrogen-bond donors (Lipinski definition) is 0. The van der Waals surface area contributed by atoms with Gasteiger partial charge in [-0.1, -0.05) is 30.3 Å². The highest BCUT2D eigenvalue weighted by molar-refractivity contribution is 7.85. The van der Waals surface area contributed by atoms with Gasteiger partial charge in [-0.25, -0.2) is 4.79 Å². The summed E-state index contributed by atoms with van der Waals surface area (Å²) >= 11 is 0. The fourth-order valence-electron chi connectivity index (χ4n) is 3.43. The smallest absolute Gasteiger partial charge is 0.338 e. The predicted octanol–water partition coefficient (Wildman–Crippen LogP) is 2.04. The van der Waals surface area contributed by atoms with E-state index in [4.69, 9.17) is 13.7 Å². The molecule has 4 rings (SSSR count). The summed E-state index contributed by atoms with van der Waals surface area (Å²) < 4.78 is 40.3. The minimum absolute atomic E-state index is 0.0966. The third kappa shape index (κ3) is 3.48. The highest BCUT2D eigenvalue weighted by Crippen LogP contribution is 2.49. The molecule has 1 aliphatic carbocycles. The quantitative estimate of drug-likeness (QED) is 0.574. The van der Waals surface area contributed by atoms with Crippen molar-refractivity contribution in [1.82, 2.24) is 0 Å². The summed E-state index contributed by atoms with van der Waals surface area (Å²) in [7, 11) is -2.29. The van der Waals surface area contributed by atoms with E-state index in [1.807, 2.05) is 6.07 Å². The molecule has 132 valence electrons. The Morgan fingerprint density at radius 3 is 2.38 bits per heavy atom. The van der Waals surface area contributed by atoms with Crippen LogP contribution in [-0.4, -0.2) is 40.3 Å². The second kappa shape index (κ2) is 6.46. The van der Waals surface area contributed by atoms with E-state index >= 15 is 0 Å². The molecule has 6 nitrogen and oxygen atoms in total. The van der Waals surface area contributed by atoms with Crippen LogP contribution in [0, 0.1) is 5.41 Å². The molecule has 24 heavy (non-hydrogen) atoms. The van der Waals surface area contributed by atoms with Crippen molar-refractivity contribution in [1.29, 1.82) is 0 Å². The van der Waals surface area contributed by atoms with Crippen LogP contribution in [-0.2, 0) is 34.3 Å². The Kier molecular flexibility index (Phi) is 4.68. The molecule has 2 saturated heterocycles. The van der Waals surface area contributed by atoms with E-state index in [0.717, 1.165) is 0 Å². The van der Waals surface area contributed by atoms with Crippen LogP contribution >= 0.6 is 0 Å². The van der Waals surface area contributed by atoms with Crippen LogP contribution in [0.15, 0.2) is 30.3 Å². The predicted molar refractivity (Wildman–Crippen MR) is 86.6 cm³/mol. The minimum atomic E-state index is -3.65. The Morgan fingerprint density at radius 2 is 1.83 bits per heavy atom. The second-order valence-corrected chi connectivity index (χ2v) is 8.36. The molecule has 1 aromatic rings. The van der Waals surface area contributed by atoms with E-state index in [1.165, 1.54) is 7.11 Å². The van der Waals surface area contributed by atoms with Crippen molar-refractivity contribution in [2.45, 2.75) is 37.0 Å². The van der Waals surface area contributed by atoms with Gasteiger partial charge in [0, 0.05) is 5.41 Å². The van der Waals surface area contributed by atoms with Gasteiger partial charge in [0.05, 0.1) is 20.3 Å². The SMILES string of the molecule is COC(=O)C12CCC(COS(=O)(=O)Cc3ccccc3)(CC1)CO2. The molecule has 0 radical (unpaired) electrons. The van der Waals surface area contributed by atoms with Crippen LogP contribution in [0.4, 0.5) is 0 Å². The van der Waals surface area contributed by atoms with Crippen molar-refractivity contribution in [3.05, 3.63) is 35.9 Å². The number of ether oxygens (including phenoxy) is 2. The number of carbonyl (C=O) groups is 1. The first-order chi connectivity index (χ1) is 11.4. The lowest BCUT2D eigenvalue weighted by Gasteiger charge is -2.50. The molecule has 0 N–H and O–H groups in total. The van der Waals surface area contributed by atoms with Crippen molar-refractivity contribution < 1.29 is 26.9 Å². The van der Waals surface area contributed by atoms with Gasteiger partial charge in [-0.15, -0.1) is 0 Å². The monoisotopic (exact) mass is 354 g/mol. The van der Waals surface area contributed by atoms with E-state index in [9.17, 15) is 13.2 Å². The number of fused-ring (bicyclic) bond motifs is 3. The fourth-order valence-corrected chi connectivity index (χ4v) is 4.55. The topological polar surface area (TPSA) is 78.9 Å². The third-order valence-electron chi connectivity index (χ3n) is 5.06. The highest BCUT2D eigenvalue weighted by atomic mass is 32.2. The molecule has 2 heterocycles. The van der Waals surface area contributed by atoms with E-state index in [0.29, 0.717) is 37.9 Å². The Hall–Kier alpha value is -1.44. The van der Waals surface area contributed by atoms with Gasteiger partial charge in [0.25, 0.3) is 10.1 Å². The number of carbonyl (C=O) groups excluding carboxylic acids is 1. The maximum absolute atomic E-state index is 12.2. The Bertz CT molecular complexity index is 673. The first-order valence-corrected chi connectivity index (χ1v) is 9.60. The van der Waals surface area contributed by atoms with E-state index in [1.54, 1.807) is 24.3 Å². The molecule has 0 spiro atoms. The number of esters is 1. The van der Waals surface area contributed by atoms with Crippen LogP contribution in [0.2, 0.25) is 0 Å². The lowest BCUT2D eigenvalue weighted by molar-refractivity contribution is -0.213.